The zero-order valence-corrected chi connectivity index (χ0v) is 14.5. The zero-order valence-electron chi connectivity index (χ0n) is 14.5. The fourth-order valence-corrected chi connectivity index (χ4v) is 2.65. The van der Waals surface area contributed by atoms with E-state index in [0.29, 0.717) is 12.2 Å². The van der Waals surface area contributed by atoms with Gasteiger partial charge in [0.15, 0.2) is 0 Å². The second kappa shape index (κ2) is 10.4. The third-order valence-electron chi connectivity index (χ3n) is 3.60. The van der Waals surface area contributed by atoms with Crippen molar-refractivity contribution in [1.82, 2.24) is 0 Å². The first-order chi connectivity index (χ1) is 10.6. The Kier molecular flexibility index (Phi) is 8.83. The Labute approximate surface area is 135 Å². The van der Waals surface area contributed by atoms with Crippen LogP contribution in [-0.4, -0.2) is 25.8 Å². The molecule has 0 saturated heterocycles. The molecule has 1 aromatic carbocycles. The van der Waals surface area contributed by atoms with Gasteiger partial charge < -0.3 is 9.47 Å². The molecule has 0 aliphatic rings. The minimum Gasteiger partial charge on any atom is -0.456 e. The quantitative estimate of drug-likeness (QED) is 0.594. The van der Waals surface area contributed by atoms with Gasteiger partial charge in [0.05, 0.1) is 12.2 Å². The molecule has 0 heterocycles. The molecule has 0 radical (unpaired) electrons. The Bertz CT molecular complexity index is 424. The van der Waals surface area contributed by atoms with Gasteiger partial charge in [0.25, 0.3) is 0 Å². The number of rotatable bonds is 10. The average molecular weight is 306 g/mol. The van der Waals surface area contributed by atoms with Crippen molar-refractivity contribution < 1.29 is 14.3 Å². The molecule has 0 saturated carbocycles. The summed E-state index contributed by atoms with van der Waals surface area (Å²) in [7, 11) is 1.64. The number of esters is 1. The maximum Gasteiger partial charge on any atom is 0.338 e. The predicted octanol–water partition coefficient (Wildman–Crippen LogP) is 4.56. The smallest absolute Gasteiger partial charge is 0.338 e. The van der Waals surface area contributed by atoms with Crippen molar-refractivity contribution in [3.8, 4) is 0 Å². The van der Waals surface area contributed by atoms with Gasteiger partial charge in [-0.15, -0.1) is 0 Å². The molecule has 0 aromatic heterocycles. The summed E-state index contributed by atoms with van der Waals surface area (Å²) >= 11 is 0. The van der Waals surface area contributed by atoms with E-state index in [4.69, 9.17) is 9.47 Å². The second-order valence-corrected chi connectivity index (χ2v) is 5.81. The molecule has 3 heteroatoms. The molecule has 1 unspecified atom stereocenters. The highest BCUT2D eigenvalue weighted by Gasteiger charge is 2.16. The van der Waals surface area contributed by atoms with Crippen LogP contribution in [0.15, 0.2) is 18.2 Å². The van der Waals surface area contributed by atoms with Gasteiger partial charge in [-0.05, 0) is 42.5 Å². The summed E-state index contributed by atoms with van der Waals surface area (Å²) in [5.74, 6) is -0.231. The van der Waals surface area contributed by atoms with Crippen molar-refractivity contribution in [2.45, 2.75) is 65.4 Å². The van der Waals surface area contributed by atoms with Crippen LogP contribution in [-0.2, 0) is 22.3 Å². The third-order valence-corrected chi connectivity index (χ3v) is 3.60. The lowest BCUT2D eigenvalue weighted by Gasteiger charge is -2.17. The Morgan fingerprint density at radius 3 is 2.05 bits per heavy atom. The Morgan fingerprint density at radius 1 is 1.00 bits per heavy atom. The van der Waals surface area contributed by atoms with Gasteiger partial charge in [0.2, 0.25) is 0 Å². The topological polar surface area (TPSA) is 35.5 Å². The first kappa shape index (κ1) is 18.7. The van der Waals surface area contributed by atoms with Crippen LogP contribution in [0.5, 0.6) is 0 Å². The lowest BCUT2D eigenvalue weighted by Crippen LogP contribution is -2.23. The summed E-state index contributed by atoms with van der Waals surface area (Å²) in [6.45, 7) is 6.84. The van der Waals surface area contributed by atoms with Crippen molar-refractivity contribution in [3.63, 3.8) is 0 Å². The van der Waals surface area contributed by atoms with Crippen molar-refractivity contribution in [2.24, 2.45) is 0 Å². The highest BCUT2D eigenvalue weighted by molar-refractivity contribution is 5.90. The minimum absolute atomic E-state index is 0.160. The van der Waals surface area contributed by atoms with Crippen LogP contribution >= 0.6 is 0 Å². The number of hydrogen-bond acceptors (Lipinski definition) is 3. The molecule has 1 rings (SSSR count). The van der Waals surface area contributed by atoms with Crippen molar-refractivity contribution in [1.29, 1.82) is 0 Å². The molecule has 0 spiro atoms. The van der Waals surface area contributed by atoms with Gasteiger partial charge in [0.1, 0.15) is 6.10 Å². The molecule has 1 atom stereocenters. The van der Waals surface area contributed by atoms with E-state index in [2.05, 4.69) is 26.8 Å². The van der Waals surface area contributed by atoms with E-state index in [9.17, 15) is 4.79 Å². The fraction of sp³-hybridized carbons (Fsp3) is 0.632. The number of carbonyl (C=O) groups is 1. The van der Waals surface area contributed by atoms with Gasteiger partial charge in [-0.1, -0.05) is 46.1 Å². The molecule has 0 aliphatic heterocycles. The number of carbonyl (C=O) groups excluding carboxylic acids is 1. The number of hydrogen-bond donors (Lipinski definition) is 0. The Balaban J connectivity index is 2.89. The van der Waals surface area contributed by atoms with Crippen LogP contribution in [0, 0.1) is 0 Å². The number of ether oxygens (including phenoxy) is 2. The monoisotopic (exact) mass is 306 g/mol. The maximum atomic E-state index is 12.4. The van der Waals surface area contributed by atoms with Crippen LogP contribution in [0.1, 0.15) is 67.9 Å². The number of methoxy groups -OCH3 is 1. The molecular formula is C19H30O3. The van der Waals surface area contributed by atoms with Crippen LogP contribution in [0.2, 0.25) is 0 Å². The van der Waals surface area contributed by atoms with Gasteiger partial charge >= 0.3 is 5.97 Å². The molecule has 0 fully saturated rings. The van der Waals surface area contributed by atoms with Crippen molar-refractivity contribution in [3.05, 3.63) is 34.9 Å². The van der Waals surface area contributed by atoms with Crippen LogP contribution in [0.25, 0.3) is 0 Å². The van der Waals surface area contributed by atoms with Crippen molar-refractivity contribution in [2.75, 3.05) is 13.7 Å². The molecule has 0 N–H and O–H groups in total. The summed E-state index contributed by atoms with van der Waals surface area (Å²) in [4.78, 5) is 12.4. The lowest BCUT2D eigenvalue weighted by molar-refractivity contribution is 0.00296. The lowest BCUT2D eigenvalue weighted by atomic mass is 10.00. The van der Waals surface area contributed by atoms with E-state index in [1.54, 1.807) is 7.11 Å². The summed E-state index contributed by atoms with van der Waals surface area (Å²) in [5, 5.41) is 0. The fourth-order valence-electron chi connectivity index (χ4n) is 2.65. The number of benzene rings is 1. The van der Waals surface area contributed by atoms with Crippen LogP contribution in [0.4, 0.5) is 0 Å². The van der Waals surface area contributed by atoms with Crippen LogP contribution < -0.4 is 0 Å². The third kappa shape index (κ3) is 6.18. The molecule has 124 valence electrons. The second-order valence-electron chi connectivity index (χ2n) is 5.81. The zero-order chi connectivity index (χ0) is 16.4. The number of aryl methyl sites for hydroxylation is 2. The largest absolute Gasteiger partial charge is 0.456 e. The van der Waals surface area contributed by atoms with E-state index in [1.165, 1.54) is 11.1 Å². The first-order valence-corrected chi connectivity index (χ1v) is 8.47. The molecule has 0 amide bonds. The molecule has 0 aliphatic carbocycles. The molecule has 1 aromatic rings. The Morgan fingerprint density at radius 2 is 1.59 bits per heavy atom. The van der Waals surface area contributed by atoms with E-state index in [0.717, 1.165) is 38.5 Å². The normalized spacial score (nSPS) is 12.2. The molecule has 3 nitrogen and oxygen atoms in total. The van der Waals surface area contributed by atoms with E-state index < -0.39 is 0 Å². The van der Waals surface area contributed by atoms with Crippen LogP contribution in [0.3, 0.4) is 0 Å². The summed E-state index contributed by atoms with van der Waals surface area (Å²) < 4.78 is 10.8. The van der Waals surface area contributed by atoms with Gasteiger partial charge in [-0.2, -0.15) is 0 Å². The minimum atomic E-state index is -0.231. The van der Waals surface area contributed by atoms with E-state index in [-0.39, 0.29) is 12.1 Å². The SMILES string of the molecule is CCCc1cc(CCC)cc(C(=O)OC(CCC)COC)c1. The average Bonchev–Trinajstić information content (AvgIpc) is 2.48. The van der Waals surface area contributed by atoms with Gasteiger partial charge in [0, 0.05) is 7.11 Å². The summed E-state index contributed by atoms with van der Waals surface area (Å²) in [6.07, 6.45) is 5.78. The molecule has 0 bridgehead atoms. The predicted molar refractivity (Wildman–Crippen MR) is 90.4 cm³/mol. The van der Waals surface area contributed by atoms with E-state index >= 15 is 0 Å². The first-order valence-electron chi connectivity index (χ1n) is 8.47. The summed E-state index contributed by atoms with van der Waals surface area (Å²) in [5.41, 5.74) is 3.12. The van der Waals surface area contributed by atoms with Crippen molar-refractivity contribution >= 4 is 5.97 Å². The van der Waals surface area contributed by atoms with Gasteiger partial charge in [-0.25, -0.2) is 4.79 Å². The maximum absolute atomic E-state index is 12.4. The standard InChI is InChI=1S/C19H30O3/c1-5-8-15-11-16(9-6-2)13-17(12-15)19(20)22-18(10-7-3)14-21-4/h11-13,18H,5-10,14H2,1-4H3. The molecular weight excluding hydrogens is 276 g/mol. The Hall–Kier alpha value is -1.35. The highest BCUT2D eigenvalue weighted by atomic mass is 16.6. The highest BCUT2D eigenvalue weighted by Crippen LogP contribution is 2.16. The van der Waals surface area contributed by atoms with Gasteiger partial charge in [-0.3, -0.25) is 0 Å². The van der Waals surface area contributed by atoms with E-state index in [1.807, 2.05) is 12.1 Å². The molecule has 22 heavy (non-hydrogen) atoms. The summed E-state index contributed by atoms with van der Waals surface area (Å²) in [6, 6.07) is 6.16.